The van der Waals surface area contributed by atoms with Crippen molar-refractivity contribution < 1.29 is 27.8 Å². The number of carbonyl (C=O) groups excluding carboxylic acids is 1. The molecule has 10 heteroatoms. The zero-order valence-corrected chi connectivity index (χ0v) is 20.8. The highest BCUT2D eigenvalue weighted by atomic mass is 32.2. The quantitative estimate of drug-likeness (QED) is 0.563. The van der Waals surface area contributed by atoms with E-state index < -0.39 is 20.7 Å². The van der Waals surface area contributed by atoms with Gasteiger partial charge in [0, 0.05) is 50.8 Å². The van der Waals surface area contributed by atoms with Gasteiger partial charge >= 0.3 is 0 Å². The predicted molar refractivity (Wildman–Crippen MR) is 131 cm³/mol. The van der Waals surface area contributed by atoms with Gasteiger partial charge < -0.3 is 20.3 Å². The fraction of sp³-hybridized carbons (Fsp3) is 0.520. The molecule has 0 aliphatic carbocycles. The standard InChI is InChI=1S/C25H33N3O6S/c1-18-17-20(5-6-21(18)22-3-2-4-23(27-22)34-16-13-29)19-7-11-28(12-8-19)35(31,32)25(24(26)30)9-14-33-15-10-25/h2-6,17,19,29H,7-16H2,1H3,(H2,26,30). The summed E-state index contributed by atoms with van der Waals surface area (Å²) in [6.07, 6.45) is 1.55. The molecule has 3 N–H and O–H groups in total. The highest BCUT2D eigenvalue weighted by molar-refractivity contribution is 7.91. The first-order chi connectivity index (χ1) is 16.8. The Morgan fingerprint density at radius 3 is 2.57 bits per heavy atom. The summed E-state index contributed by atoms with van der Waals surface area (Å²) in [7, 11) is -3.87. The third-order valence-corrected chi connectivity index (χ3v) is 9.74. The van der Waals surface area contributed by atoms with Crippen LogP contribution in [-0.4, -0.2) is 73.0 Å². The molecule has 2 aliphatic rings. The van der Waals surface area contributed by atoms with E-state index in [1.165, 1.54) is 4.31 Å². The number of hydrogen-bond donors (Lipinski definition) is 2. The number of carbonyl (C=O) groups is 1. The summed E-state index contributed by atoms with van der Waals surface area (Å²) in [4.78, 5) is 16.8. The number of primary amides is 1. The van der Waals surface area contributed by atoms with Gasteiger partial charge in [0.25, 0.3) is 0 Å². The molecule has 1 aromatic carbocycles. The maximum atomic E-state index is 13.4. The summed E-state index contributed by atoms with van der Waals surface area (Å²) < 4.78 is 37.5. The lowest BCUT2D eigenvalue weighted by Gasteiger charge is -2.40. The van der Waals surface area contributed by atoms with E-state index in [9.17, 15) is 13.2 Å². The highest BCUT2D eigenvalue weighted by Crippen LogP contribution is 2.37. The molecule has 2 saturated heterocycles. The van der Waals surface area contributed by atoms with Crippen molar-refractivity contribution in [3.05, 3.63) is 47.5 Å². The maximum absolute atomic E-state index is 13.4. The number of aromatic nitrogens is 1. The Kier molecular flexibility index (Phi) is 7.75. The van der Waals surface area contributed by atoms with E-state index in [0.29, 0.717) is 31.8 Å². The summed E-state index contributed by atoms with van der Waals surface area (Å²) in [6.45, 7) is 3.30. The van der Waals surface area contributed by atoms with E-state index in [2.05, 4.69) is 17.1 Å². The fourth-order valence-corrected chi connectivity index (χ4v) is 7.16. The Balaban J connectivity index is 1.46. The van der Waals surface area contributed by atoms with E-state index in [4.69, 9.17) is 20.3 Å². The minimum Gasteiger partial charge on any atom is -0.475 e. The molecule has 3 heterocycles. The number of aryl methyl sites for hydroxylation is 1. The normalized spacial score (nSPS) is 19.4. The van der Waals surface area contributed by atoms with Gasteiger partial charge in [-0.3, -0.25) is 4.79 Å². The van der Waals surface area contributed by atoms with Crippen molar-refractivity contribution in [3.63, 3.8) is 0 Å². The first kappa shape index (κ1) is 25.6. The van der Waals surface area contributed by atoms with Crippen LogP contribution in [0.15, 0.2) is 36.4 Å². The van der Waals surface area contributed by atoms with Gasteiger partial charge in [-0.15, -0.1) is 0 Å². The van der Waals surface area contributed by atoms with Crippen molar-refractivity contribution in [2.75, 3.05) is 39.5 Å². The second-order valence-electron chi connectivity index (χ2n) is 9.16. The van der Waals surface area contributed by atoms with Gasteiger partial charge in [-0.2, -0.15) is 0 Å². The molecule has 0 spiro atoms. The molecule has 1 aromatic heterocycles. The van der Waals surface area contributed by atoms with Gasteiger partial charge in [0.15, 0.2) is 4.75 Å². The third kappa shape index (κ3) is 5.06. The Morgan fingerprint density at radius 1 is 1.23 bits per heavy atom. The molecule has 190 valence electrons. The van der Waals surface area contributed by atoms with Crippen LogP contribution in [0.2, 0.25) is 0 Å². The molecule has 2 aliphatic heterocycles. The number of benzene rings is 1. The summed E-state index contributed by atoms with van der Waals surface area (Å²) in [5.41, 5.74) is 9.61. The third-order valence-electron chi connectivity index (χ3n) is 7.10. The molecule has 9 nitrogen and oxygen atoms in total. The molecule has 1 amide bonds. The lowest BCUT2D eigenvalue weighted by atomic mass is 9.88. The minimum absolute atomic E-state index is 0.0717. The summed E-state index contributed by atoms with van der Waals surface area (Å²) >= 11 is 0. The van der Waals surface area contributed by atoms with E-state index in [1.54, 1.807) is 6.07 Å². The molecule has 0 unspecified atom stereocenters. The van der Waals surface area contributed by atoms with Crippen LogP contribution in [0, 0.1) is 6.92 Å². The van der Waals surface area contributed by atoms with Crippen LogP contribution in [-0.2, 0) is 19.6 Å². The SMILES string of the molecule is Cc1cc(C2CCN(S(=O)(=O)C3(C(N)=O)CCOCC3)CC2)ccc1-c1cccc(OCCO)n1. The largest absolute Gasteiger partial charge is 0.475 e. The number of aliphatic hydroxyl groups excluding tert-OH is 1. The van der Waals surface area contributed by atoms with Gasteiger partial charge in [-0.05, 0) is 42.9 Å². The van der Waals surface area contributed by atoms with Crippen molar-refractivity contribution in [2.24, 2.45) is 5.73 Å². The van der Waals surface area contributed by atoms with Crippen molar-refractivity contribution in [3.8, 4) is 17.1 Å². The van der Waals surface area contributed by atoms with Crippen LogP contribution in [0.1, 0.15) is 42.7 Å². The number of amides is 1. The number of rotatable bonds is 8. The Hall–Kier alpha value is -2.53. The molecule has 0 bridgehead atoms. The average Bonchev–Trinajstić information content (AvgIpc) is 2.88. The van der Waals surface area contributed by atoms with Crippen molar-refractivity contribution in [2.45, 2.75) is 43.3 Å². The molecular weight excluding hydrogens is 470 g/mol. The van der Waals surface area contributed by atoms with Crippen LogP contribution in [0.3, 0.4) is 0 Å². The van der Waals surface area contributed by atoms with Crippen LogP contribution in [0.5, 0.6) is 5.88 Å². The zero-order valence-electron chi connectivity index (χ0n) is 20.0. The lowest BCUT2D eigenvalue weighted by molar-refractivity contribution is -0.123. The topological polar surface area (TPSA) is 132 Å². The molecule has 4 rings (SSSR count). The van der Waals surface area contributed by atoms with E-state index in [0.717, 1.165) is 22.4 Å². The van der Waals surface area contributed by atoms with Gasteiger partial charge in [-0.1, -0.05) is 24.3 Å². The molecule has 0 saturated carbocycles. The molecule has 0 radical (unpaired) electrons. The number of sulfonamides is 1. The van der Waals surface area contributed by atoms with Gasteiger partial charge in [0.1, 0.15) is 6.61 Å². The smallest absolute Gasteiger partial charge is 0.240 e. The summed E-state index contributed by atoms with van der Waals surface area (Å²) in [5, 5.41) is 8.96. The van der Waals surface area contributed by atoms with Crippen LogP contribution in [0.25, 0.3) is 11.3 Å². The van der Waals surface area contributed by atoms with E-state index >= 15 is 0 Å². The number of nitrogens with zero attached hydrogens (tertiary/aromatic N) is 2. The van der Waals surface area contributed by atoms with Crippen LogP contribution < -0.4 is 10.5 Å². The monoisotopic (exact) mass is 503 g/mol. The van der Waals surface area contributed by atoms with E-state index in [1.807, 2.05) is 25.1 Å². The van der Waals surface area contributed by atoms with E-state index in [-0.39, 0.29) is 45.2 Å². The van der Waals surface area contributed by atoms with Crippen molar-refractivity contribution in [1.29, 1.82) is 0 Å². The number of ether oxygens (including phenoxy) is 2. The van der Waals surface area contributed by atoms with Gasteiger partial charge in [0.05, 0.1) is 12.3 Å². The van der Waals surface area contributed by atoms with Crippen molar-refractivity contribution >= 4 is 15.9 Å². The molecule has 35 heavy (non-hydrogen) atoms. The minimum atomic E-state index is -3.87. The van der Waals surface area contributed by atoms with Crippen LogP contribution >= 0.6 is 0 Å². The summed E-state index contributed by atoms with van der Waals surface area (Å²) in [5.74, 6) is -0.0963. The second kappa shape index (κ2) is 10.6. The fourth-order valence-electron chi connectivity index (χ4n) is 5.03. The van der Waals surface area contributed by atoms with Gasteiger partial charge in [0.2, 0.25) is 21.8 Å². The molecule has 2 aromatic rings. The number of aliphatic hydroxyl groups is 1. The van der Waals surface area contributed by atoms with Crippen molar-refractivity contribution in [1.82, 2.24) is 9.29 Å². The maximum Gasteiger partial charge on any atom is 0.240 e. The first-order valence-corrected chi connectivity index (χ1v) is 13.4. The average molecular weight is 504 g/mol. The highest BCUT2D eigenvalue weighted by Gasteiger charge is 2.53. The van der Waals surface area contributed by atoms with Gasteiger partial charge in [-0.25, -0.2) is 17.7 Å². The first-order valence-electron chi connectivity index (χ1n) is 12.0. The molecule has 0 atom stereocenters. The zero-order chi connectivity index (χ0) is 25.1. The lowest BCUT2D eigenvalue weighted by Crippen LogP contribution is -2.59. The predicted octanol–water partition coefficient (Wildman–Crippen LogP) is 1.97. The molecular formula is C25H33N3O6S. The Labute approximate surface area is 206 Å². The summed E-state index contributed by atoms with van der Waals surface area (Å²) in [6, 6.07) is 11.8. The number of piperidine rings is 1. The Bertz CT molecular complexity index is 1160. The number of nitrogens with two attached hydrogens (primary N) is 1. The molecule has 2 fully saturated rings. The number of hydrogen-bond acceptors (Lipinski definition) is 7. The Morgan fingerprint density at radius 2 is 1.94 bits per heavy atom. The second-order valence-corrected chi connectivity index (χ2v) is 11.4. The van der Waals surface area contributed by atoms with Crippen LogP contribution in [0.4, 0.5) is 0 Å². The number of pyridine rings is 1.